The first-order valence-electron chi connectivity index (χ1n) is 7.23. The van der Waals surface area contributed by atoms with Crippen molar-refractivity contribution in [1.82, 2.24) is 5.32 Å². The molecule has 0 radical (unpaired) electrons. The van der Waals surface area contributed by atoms with Crippen LogP contribution in [0, 0.1) is 17.8 Å². The molecule has 0 saturated heterocycles. The molecule has 0 bridgehead atoms. The predicted molar refractivity (Wildman–Crippen MR) is 75.1 cm³/mol. The van der Waals surface area contributed by atoms with Crippen molar-refractivity contribution in [1.29, 1.82) is 0 Å². The van der Waals surface area contributed by atoms with Crippen LogP contribution in [-0.2, 0) is 4.79 Å². The molecule has 3 rings (SSSR count). The summed E-state index contributed by atoms with van der Waals surface area (Å²) in [4.78, 5) is 12.8. The van der Waals surface area contributed by atoms with E-state index in [9.17, 15) is 4.79 Å². The molecule has 0 aromatic rings. The number of nitrogens with two attached hydrogens (primary N) is 1. The molecule has 2 atom stereocenters. The van der Waals surface area contributed by atoms with Gasteiger partial charge in [0, 0.05) is 5.92 Å². The summed E-state index contributed by atoms with van der Waals surface area (Å²) >= 11 is 5.22. The van der Waals surface area contributed by atoms with E-state index >= 15 is 0 Å². The summed E-state index contributed by atoms with van der Waals surface area (Å²) in [5.74, 6) is 2.11. The summed E-state index contributed by atoms with van der Waals surface area (Å²) in [6.45, 7) is 0. The molecular formula is C14H22N2OS. The van der Waals surface area contributed by atoms with Gasteiger partial charge in [-0.2, -0.15) is 0 Å². The van der Waals surface area contributed by atoms with E-state index in [0.29, 0.717) is 4.99 Å². The van der Waals surface area contributed by atoms with Crippen molar-refractivity contribution in [2.75, 3.05) is 0 Å². The Morgan fingerprint density at radius 3 is 2.28 bits per heavy atom. The van der Waals surface area contributed by atoms with Gasteiger partial charge in [0.05, 0.1) is 10.5 Å². The van der Waals surface area contributed by atoms with Gasteiger partial charge in [0.25, 0.3) is 0 Å². The van der Waals surface area contributed by atoms with Crippen LogP contribution >= 0.6 is 12.2 Å². The molecule has 3 nitrogen and oxygen atoms in total. The molecule has 0 aromatic heterocycles. The summed E-state index contributed by atoms with van der Waals surface area (Å²) < 4.78 is 0. The molecule has 0 aromatic carbocycles. The summed E-state index contributed by atoms with van der Waals surface area (Å²) in [7, 11) is 0. The number of amides is 1. The Hall–Kier alpha value is -0.640. The Labute approximate surface area is 114 Å². The Morgan fingerprint density at radius 2 is 1.72 bits per heavy atom. The Balaban J connectivity index is 1.64. The second kappa shape index (κ2) is 4.48. The number of fused-ring (bicyclic) bond motifs is 1. The molecule has 18 heavy (non-hydrogen) atoms. The molecule has 3 aliphatic carbocycles. The lowest BCUT2D eigenvalue weighted by Gasteiger charge is -2.38. The molecule has 3 aliphatic rings. The average Bonchev–Trinajstić information content (AvgIpc) is 2.97. The van der Waals surface area contributed by atoms with E-state index in [4.69, 9.17) is 18.0 Å². The lowest BCUT2D eigenvalue weighted by Crippen LogP contribution is -2.58. The highest BCUT2D eigenvalue weighted by molar-refractivity contribution is 7.80. The topological polar surface area (TPSA) is 55.1 Å². The lowest BCUT2D eigenvalue weighted by molar-refractivity contribution is -0.126. The highest BCUT2D eigenvalue weighted by Crippen LogP contribution is 2.54. The van der Waals surface area contributed by atoms with Gasteiger partial charge in [-0.3, -0.25) is 4.79 Å². The van der Waals surface area contributed by atoms with Gasteiger partial charge in [-0.1, -0.05) is 31.5 Å². The molecule has 0 heterocycles. The Kier molecular flexibility index (Phi) is 3.08. The summed E-state index contributed by atoms with van der Waals surface area (Å²) in [6.07, 6.45) is 8.84. The molecule has 3 fully saturated rings. The first-order valence-corrected chi connectivity index (χ1v) is 7.63. The van der Waals surface area contributed by atoms with Crippen LogP contribution in [0.3, 0.4) is 0 Å². The Morgan fingerprint density at radius 1 is 1.11 bits per heavy atom. The van der Waals surface area contributed by atoms with Gasteiger partial charge >= 0.3 is 0 Å². The largest absolute Gasteiger partial charge is 0.391 e. The molecule has 1 amide bonds. The first-order chi connectivity index (χ1) is 8.61. The molecule has 100 valence electrons. The van der Waals surface area contributed by atoms with Gasteiger partial charge < -0.3 is 11.1 Å². The van der Waals surface area contributed by atoms with Crippen molar-refractivity contribution in [2.45, 2.75) is 56.9 Å². The van der Waals surface area contributed by atoms with Gasteiger partial charge in [0.15, 0.2) is 0 Å². The van der Waals surface area contributed by atoms with E-state index in [1.165, 1.54) is 12.8 Å². The molecule has 2 unspecified atom stereocenters. The third-order valence-electron chi connectivity index (χ3n) is 5.16. The van der Waals surface area contributed by atoms with Crippen LogP contribution in [-0.4, -0.2) is 16.4 Å². The van der Waals surface area contributed by atoms with Crippen LogP contribution < -0.4 is 11.1 Å². The third-order valence-corrected chi connectivity index (χ3v) is 5.55. The van der Waals surface area contributed by atoms with Crippen LogP contribution in [0.1, 0.15) is 51.4 Å². The fourth-order valence-electron chi connectivity index (χ4n) is 3.86. The SMILES string of the molecule is NC(=S)C1(NC(=O)C2CC3CC3C2)CCCCC1. The smallest absolute Gasteiger partial charge is 0.223 e. The van der Waals surface area contributed by atoms with Gasteiger partial charge in [0.1, 0.15) is 0 Å². The minimum Gasteiger partial charge on any atom is -0.391 e. The lowest BCUT2D eigenvalue weighted by atomic mass is 9.81. The van der Waals surface area contributed by atoms with Crippen LogP contribution in [0.25, 0.3) is 0 Å². The highest BCUT2D eigenvalue weighted by Gasteiger charge is 2.49. The van der Waals surface area contributed by atoms with Gasteiger partial charge in [0.2, 0.25) is 5.91 Å². The zero-order valence-corrected chi connectivity index (χ0v) is 11.6. The maximum Gasteiger partial charge on any atom is 0.223 e. The number of hydrogen-bond donors (Lipinski definition) is 2. The monoisotopic (exact) mass is 266 g/mol. The Bertz CT molecular complexity index is 366. The standard InChI is InChI=1S/C14H22N2OS/c15-13(18)14(4-2-1-3-5-14)16-12(17)11-7-9-6-10(9)8-11/h9-11H,1-8H2,(H2,15,18)(H,16,17). The number of thiocarbonyl (C=S) groups is 1. The van der Waals surface area contributed by atoms with E-state index in [2.05, 4.69) is 5.32 Å². The second-order valence-electron chi connectivity index (χ2n) is 6.42. The second-order valence-corrected chi connectivity index (χ2v) is 6.86. The van der Waals surface area contributed by atoms with E-state index in [-0.39, 0.29) is 17.4 Å². The average molecular weight is 266 g/mol. The van der Waals surface area contributed by atoms with E-state index < -0.39 is 0 Å². The molecule has 0 aliphatic heterocycles. The predicted octanol–water partition coefficient (Wildman–Crippen LogP) is 2.14. The molecule has 0 spiro atoms. The minimum absolute atomic E-state index is 0.205. The summed E-state index contributed by atoms with van der Waals surface area (Å²) in [5, 5.41) is 3.21. The van der Waals surface area contributed by atoms with E-state index in [0.717, 1.165) is 50.4 Å². The normalized spacial score (nSPS) is 36.8. The van der Waals surface area contributed by atoms with Crippen molar-refractivity contribution in [3.63, 3.8) is 0 Å². The third kappa shape index (κ3) is 2.15. The molecular weight excluding hydrogens is 244 g/mol. The van der Waals surface area contributed by atoms with Crippen molar-refractivity contribution < 1.29 is 4.79 Å². The molecule has 3 N–H and O–H groups in total. The zero-order chi connectivity index (χ0) is 12.8. The first kappa shape index (κ1) is 12.4. The summed E-state index contributed by atoms with van der Waals surface area (Å²) in [5.41, 5.74) is 5.52. The number of rotatable bonds is 3. The van der Waals surface area contributed by atoms with Crippen molar-refractivity contribution in [3.05, 3.63) is 0 Å². The fraction of sp³-hybridized carbons (Fsp3) is 0.857. The number of hydrogen-bond acceptors (Lipinski definition) is 2. The van der Waals surface area contributed by atoms with Crippen LogP contribution in [0.2, 0.25) is 0 Å². The van der Waals surface area contributed by atoms with E-state index in [1.54, 1.807) is 0 Å². The van der Waals surface area contributed by atoms with Crippen molar-refractivity contribution >= 4 is 23.1 Å². The van der Waals surface area contributed by atoms with Crippen LogP contribution in [0.4, 0.5) is 0 Å². The fourth-order valence-corrected chi connectivity index (χ4v) is 4.11. The number of carbonyl (C=O) groups is 1. The van der Waals surface area contributed by atoms with Crippen LogP contribution in [0.5, 0.6) is 0 Å². The van der Waals surface area contributed by atoms with Gasteiger partial charge in [-0.25, -0.2) is 0 Å². The van der Waals surface area contributed by atoms with Crippen molar-refractivity contribution in [3.8, 4) is 0 Å². The highest BCUT2D eigenvalue weighted by atomic mass is 32.1. The quantitative estimate of drug-likeness (QED) is 0.770. The molecule has 3 saturated carbocycles. The van der Waals surface area contributed by atoms with Gasteiger partial charge in [-0.05, 0) is 43.9 Å². The van der Waals surface area contributed by atoms with Crippen molar-refractivity contribution in [2.24, 2.45) is 23.5 Å². The summed E-state index contributed by atoms with van der Waals surface area (Å²) in [6, 6.07) is 0. The van der Waals surface area contributed by atoms with Gasteiger partial charge in [-0.15, -0.1) is 0 Å². The zero-order valence-electron chi connectivity index (χ0n) is 10.8. The molecule has 4 heteroatoms. The maximum atomic E-state index is 12.4. The number of nitrogens with one attached hydrogen (secondary N) is 1. The van der Waals surface area contributed by atoms with Crippen LogP contribution in [0.15, 0.2) is 0 Å². The number of carbonyl (C=O) groups excluding carboxylic acids is 1. The minimum atomic E-state index is -0.378. The maximum absolute atomic E-state index is 12.4. The van der Waals surface area contributed by atoms with E-state index in [1.807, 2.05) is 0 Å².